The maximum atomic E-state index is 8.90. The van der Waals surface area contributed by atoms with Gasteiger partial charge in [-0.05, 0) is 0 Å². The molecular formula is C21H15AsN4O. The number of nitrogens with zero attached hydrogens (tertiary/aromatic N) is 4. The Kier molecular flexibility index (Phi) is 4.82. The first kappa shape index (κ1) is 17.2. The van der Waals surface area contributed by atoms with E-state index in [2.05, 4.69) is 29.0 Å². The van der Waals surface area contributed by atoms with Crippen LogP contribution in [-0.4, -0.2) is 30.7 Å². The molecule has 0 aliphatic carbocycles. The van der Waals surface area contributed by atoms with Crippen LogP contribution in [0, 0.1) is 18.3 Å². The van der Waals surface area contributed by atoms with E-state index in [0.29, 0.717) is 17.2 Å². The molecule has 0 amide bonds. The van der Waals surface area contributed by atoms with Gasteiger partial charge in [0.15, 0.2) is 0 Å². The fourth-order valence-electron chi connectivity index (χ4n) is 2.59. The molecule has 0 aliphatic heterocycles. The molecule has 0 spiro atoms. The summed E-state index contributed by atoms with van der Waals surface area (Å²) in [6, 6.07) is 19.3. The summed E-state index contributed by atoms with van der Waals surface area (Å²) in [4.78, 5) is 13.5. The summed E-state index contributed by atoms with van der Waals surface area (Å²) in [6.45, 7) is 2.07. The van der Waals surface area contributed by atoms with Gasteiger partial charge >= 0.3 is 163 Å². The number of benzene rings is 1. The van der Waals surface area contributed by atoms with Crippen LogP contribution in [-0.2, 0) is 0 Å². The van der Waals surface area contributed by atoms with Gasteiger partial charge in [0.05, 0.1) is 0 Å². The van der Waals surface area contributed by atoms with Gasteiger partial charge in [0.1, 0.15) is 0 Å². The van der Waals surface area contributed by atoms with Crippen LogP contribution in [0.5, 0.6) is 0 Å². The van der Waals surface area contributed by atoms with Gasteiger partial charge < -0.3 is 0 Å². The molecular weight excluding hydrogens is 399 g/mol. The van der Waals surface area contributed by atoms with Crippen LogP contribution in [0.25, 0.3) is 22.9 Å². The van der Waals surface area contributed by atoms with E-state index in [-0.39, 0.29) is 0 Å². The van der Waals surface area contributed by atoms with E-state index in [1.54, 1.807) is 18.3 Å². The van der Waals surface area contributed by atoms with E-state index in [4.69, 9.17) is 14.7 Å². The predicted molar refractivity (Wildman–Crippen MR) is 105 cm³/mol. The Labute approximate surface area is 163 Å². The summed E-state index contributed by atoms with van der Waals surface area (Å²) in [5.41, 5.74) is 3.40. The average Bonchev–Trinajstić information content (AvgIpc) is 3.19. The third kappa shape index (κ3) is 3.97. The number of rotatable bonds is 4. The van der Waals surface area contributed by atoms with E-state index in [9.17, 15) is 0 Å². The molecule has 1 unspecified atom stereocenters. The van der Waals surface area contributed by atoms with Crippen molar-refractivity contribution in [1.29, 1.82) is 5.26 Å². The van der Waals surface area contributed by atoms with Gasteiger partial charge in [0.25, 0.3) is 0 Å². The number of pyridine rings is 2. The van der Waals surface area contributed by atoms with Crippen molar-refractivity contribution in [2.45, 2.75) is 6.92 Å². The average molecular weight is 414 g/mol. The van der Waals surface area contributed by atoms with E-state index in [0.717, 1.165) is 20.2 Å². The molecule has 0 fully saturated rings. The second-order valence-corrected chi connectivity index (χ2v) is 8.64. The SMILES string of the molecule is Cc1ccnc([AsH]c2cccc(-c3cnc(-c4ccc(C#N)cc4)o3)n2)c1. The Bertz CT molecular complexity index is 1130. The van der Waals surface area contributed by atoms with Crippen molar-refractivity contribution >= 4 is 24.7 Å². The summed E-state index contributed by atoms with van der Waals surface area (Å²) in [5, 5.41) is 8.90. The molecule has 0 bridgehead atoms. The van der Waals surface area contributed by atoms with Crippen molar-refractivity contribution in [2.75, 3.05) is 0 Å². The van der Waals surface area contributed by atoms with Gasteiger partial charge in [-0.3, -0.25) is 0 Å². The first-order chi connectivity index (χ1) is 13.2. The minimum absolute atomic E-state index is 0.512. The normalized spacial score (nSPS) is 11.0. The number of hydrogen-bond donors (Lipinski definition) is 0. The molecule has 0 radical (unpaired) electrons. The van der Waals surface area contributed by atoms with Crippen LogP contribution >= 0.6 is 0 Å². The standard InChI is InChI=1S/C21H15AsN4O/c1-14-9-10-24-20(11-14)22-19-4-2-3-17(26-19)18-13-25-21(27-18)16-7-5-15(12-23)6-8-16/h2-11,13,22H,1H3. The molecule has 3 aromatic heterocycles. The summed E-state index contributed by atoms with van der Waals surface area (Å²) in [7, 11) is 0. The molecule has 0 saturated carbocycles. The van der Waals surface area contributed by atoms with Gasteiger partial charge in [-0.2, -0.15) is 0 Å². The maximum absolute atomic E-state index is 8.90. The first-order valence-corrected chi connectivity index (χ1v) is 10.4. The topological polar surface area (TPSA) is 75.6 Å². The first-order valence-electron chi connectivity index (χ1n) is 8.35. The van der Waals surface area contributed by atoms with E-state index < -0.39 is 15.8 Å². The molecule has 1 aromatic carbocycles. The summed E-state index contributed by atoms with van der Waals surface area (Å²) < 4.78 is 8.05. The molecule has 4 aromatic rings. The number of aryl methyl sites for hydroxylation is 1. The number of nitriles is 1. The van der Waals surface area contributed by atoms with Gasteiger partial charge in [0, 0.05) is 0 Å². The molecule has 3 heterocycles. The quantitative estimate of drug-likeness (QED) is 0.480. The molecule has 1 atom stereocenters. The Morgan fingerprint density at radius 2 is 1.85 bits per heavy atom. The van der Waals surface area contributed by atoms with Gasteiger partial charge in [-0.1, -0.05) is 0 Å². The fourth-order valence-corrected chi connectivity index (χ4v) is 4.81. The zero-order valence-corrected chi connectivity index (χ0v) is 16.6. The van der Waals surface area contributed by atoms with Crippen LogP contribution < -0.4 is 8.96 Å². The summed E-state index contributed by atoms with van der Waals surface area (Å²) >= 11 is -0.607. The molecule has 0 N–H and O–H groups in total. The van der Waals surface area contributed by atoms with Crippen LogP contribution in [0.3, 0.4) is 0 Å². The van der Waals surface area contributed by atoms with Gasteiger partial charge in [-0.15, -0.1) is 0 Å². The molecule has 130 valence electrons. The minimum atomic E-state index is -0.607. The van der Waals surface area contributed by atoms with Crippen molar-refractivity contribution < 1.29 is 4.42 Å². The Balaban J connectivity index is 1.59. The van der Waals surface area contributed by atoms with Crippen LogP contribution in [0.1, 0.15) is 11.1 Å². The molecule has 4 rings (SSSR count). The molecule has 27 heavy (non-hydrogen) atoms. The number of hydrogen-bond acceptors (Lipinski definition) is 5. The van der Waals surface area contributed by atoms with Crippen LogP contribution in [0.15, 0.2) is 71.4 Å². The summed E-state index contributed by atoms with van der Waals surface area (Å²) in [6.07, 6.45) is 3.53. The second kappa shape index (κ2) is 7.57. The molecule has 5 nitrogen and oxygen atoms in total. The Hall–Kier alpha value is -3.22. The number of oxazole rings is 1. The van der Waals surface area contributed by atoms with Crippen LogP contribution in [0.4, 0.5) is 0 Å². The van der Waals surface area contributed by atoms with Crippen molar-refractivity contribution in [3.05, 3.63) is 78.1 Å². The van der Waals surface area contributed by atoms with E-state index in [1.807, 2.05) is 42.6 Å². The van der Waals surface area contributed by atoms with Crippen molar-refractivity contribution in [1.82, 2.24) is 15.0 Å². The van der Waals surface area contributed by atoms with Crippen molar-refractivity contribution in [3.8, 4) is 29.0 Å². The zero-order valence-electron chi connectivity index (χ0n) is 14.5. The van der Waals surface area contributed by atoms with Gasteiger partial charge in [0.2, 0.25) is 0 Å². The monoisotopic (exact) mass is 414 g/mol. The van der Waals surface area contributed by atoms with E-state index in [1.165, 1.54) is 5.56 Å². The Morgan fingerprint density at radius 1 is 1.00 bits per heavy atom. The van der Waals surface area contributed by atoms with Crippen molar-refractivity contribution in [3.63, 3.8) is 0 Å². The molecule has 6 heteroatoms. The molecule has 0 saturated heterocycles. The zero-order chi connectivity index (χ0) is 18.6. The third-order valence-corrected chi connectivity index (χ3v) is 6.17. The number of aromatic nitrogens is 3. The summed E-state index contributed by atoms with van der Waals surface area (Å²) in [5.74, 6) is 1.14. The van der Waals surface area contributed by atoms with E-state index >= 15 is 0 Å². The van der Waals surface area contributed by atoms with Crippen molar-refractivity contribution in [2.24, 2.45) is 0 Å². The predicted octanol–water partition coefficient (Wildman–Crippen LogP) is 2.37. The van der Waals surface area contributed by atoms with Crippen LogP contribution in [0.2, 0.25) is 0 Å². The molecule has 0 aliphatic rings. The van der Waals surface area contributed by atoms with Gasteiger partial charge in [-0.25, -0.2) is 0 Å². The third-order valence-electron chi connectivity index (χ3n) is 3.94. The Morgan fingerprint density at radius 3 is 2.63 bits per heavy atom. The second-order valence-electron chi connectivity index (χ2n) is 5.97. The fraction of sp³-hybridized carbons (Fsp3) is 0.0476.